The number of imidazole rings is 1. The quantitative estimate of drug-likeness (QED) is 0.770. The normalized spacial score (nSPS) is 12.4. The number of nitrogens with zero attached hydrogens (tertiary/aromatic N) is 3. The highest BCUT2D eigenvalue weighted by Crippen LogP contribution is 2.20. The fourth-order valence-corrected chi connectivity index (χ4v) is 2.14. The van der Waals surface area contributed by atoms with E-state index in [1.165, 1.54) is 0 Å². The Morgan fingerprint density at radius 2 is 1.95 bits per heavy atom. The molecule has 2 aromatic rings. The molecule has 1 unspecified atom stereocenters. The average molecular weight is 299 g/mol. The van der Waals surface area contributed by atoms with Crippen LogP contribution < -0.4 is 5.32 Å². The Bertz CT molecular complexity index is 615. The lowest BCUT2D eigenvalue weighted by atomic mass is 9.98. The molecule has 0 bridgehead atoms. The molecular weight excluding hydrogens is 274 g/mol. The molecule has 0 aliphatic heterocycles. The van der Waals surface area contributed by atoms with Crippen LogP contribution in [0.2, 0.25) is 0 Å². The largest absolute Gasteiger partial charge is 0.369 e. The second kappa shape index (κ2) is 7.20. The van der Waals surface area contributed by atoms with Crippen LogP contribution in [0.25, 0.3) is 0 Å². The first-order valence-electron chi connectivity index (χ1n) is 7.82. The molecule has 5 heteroatoms. The molecule has 0 aromatic carbocycles. The van der Waals surface area contributed by atoms with Gasteiger partial charge in [-0.15, -0.1) is 0 Å². The van der Waals surface area contributed by atoms with Gasteiger partial charge in [-0.25, -0.2) is 4.98 Å². The van der Waals surface area contributed by atoms with Crippen LogP contribution in [0.15, 0.2) is 30.9 Å². The minimum absolute atomic E-state index is 0.425. The molecule has 0 amide bonds. The summed E-state index contributed by atoms with van der Waals surface area (Å²) in [5.74, 6) is 2.11. The molecule has 2 N–H and O–H groups in total. The predicted octanol–water partition coefficient (Wildman–Crippen LogP) is 3.42. The molecule has 0 fully saturated rings. The minimum Gasteiger partial charge on any atom is -0.369 e. The van der Waals surface area contributed by atoms with Crippen LogP contribution in [-0.2, 0) is 6.54 Å². The monoisotopic (exact) mass is 299 g/mol. The Balaban J connectivity index is 2.25. The maximum absolute atomic E-state index is 8.43. The zero-order valence-corrected chi connectivity index (χ0v) is 13.8. The third-order valence-corrected chi connectivity index (χ3v) is 4.11. The molecule has 2 aromatic heterocycles. The molecule has 5 nitrogen and oxygen atoms in total. The minimum atomic E-state index is 0.425. The van der Waals surface area contributed by atoms with E-state index in [1.807, 2.05) is 12.1 Å². The molecule has 0 spiro atoms. The number of hydrogen-bond donors (Lipinski definition) is 2. The first kappa shape index (κ1) is 16.2. The van der Waals surface area contributed by atoms with Crippen LogP contribution >= 0.6 is 0 Å². The van der Waals surface area contributed by atoms with Crippen molar-refractivity contribution in [2.75, 3.05) is 11.9 Å². The van der Waals surface area contributed by atoms with Crippen LogP contribution in [0.1, 0.15) is 39.0 Å². The topological polar surface area (TPSA) is 66.6 Å². The van der Waals surface area contributed by atoms with Crippen molar-refractivity contribution in [1.29, 1.82) is 5.41 Å². The standard InChI is InChI=1S/C17H25N5/c1-5-22-11-21-16(15(18)14-6-8-19-9-7-14)17(22)20-10-13(4)12(2)3/h6-9,11-13,18,20H,5,10H2,1-4H3. The second-order valence-electron chi connectivity index (χ2n) is 5.94. The molecule has 1 atom stereocenters. The first-order chi connectivity index (χ1) is 10.5. The van der Waals surface area contributed by atoms with Gasteiger partial charge < -0.3 is 9.88 Å². The van der Waals surface area contributed by atoms with Crippen molar-refractivity contribution in [1.82, 2.24) is 14.5 Å². The van der Waals surface area contributed by atoms with Crippen LogP contribution in [0, 0.1) is 17.2 Å². The van der Waals surface area contributed by atoms with Crippen molar-refractivity contribution in [3.05, 3.63) is 42.1 Å². The fourth-order valence-electron chi connectivity index (χ4n) is 2.14. The van der Waals surface area contributed by atoms with Gasteiger partial charge in [-0.2, -0.15) is 0 Å². The van der Waals surface area contributed by atoms with Crippen LogP contribution in [0.5, 0.6) is 0 Å². The van der Waals surface area contributed by atoms with Crippen LogP contribution in [0.3, 0.4) is 0 Å². The van der Waals surface area contributed by atoms with E-state index in [9.17, 15) is 0 Å². The molecule has 2 rings (SSSR count). The van der Waals surface area contributed by atoms with Gasteiger partial charge in [0.25, 0.3) is 0 Å². The van der Waals surface area contributed by atoms with Gasteiger partial charge in [0.1, 0.15) is 11.5 Å². The Hall–Kier alpha value is -2.17. The second-order valence-corrected chi connectivity index (χ2v) is 5.94. The number of hydrogen-bond acceptors (Lipinski definition) is 4. The summed E-state index contributed by atoms with van der Waals surface area (Å²) >= 11 is 0. The fraction of sp³-hybridized carbons (Fsp3) is 0.471. The third kappa shape index (κ3) is 3.53. The summed E-state index contributed by atoms with van der Waals surface area (Å²) in [5.41, 5.74) is 1.95. The number of anilines is 1. The van der Waals surface area contributed by atoms with Gasteiger partial charge in [0.2, 0.25) is 0 Å². The maximum atomic E-state index is 8.43. The molecule has 0 aliphatic carbocycles. The van der Waals surface area contributed by atoms with Crippen molar-refractivity contribution >= 4 is 11.5 Å². The SMILES string of the molecule is CCn1cnc(C(=N)c2ccncc2)c1NCC(C)C(C)C. The summed E-state index contributed by atoms with van der Waals surface area (Å²) in [6.45, 7) is 10.5. The molecule has 118 valence electrons. The summed E-state index contributed by atoms with van der Waals surface area (Å²) in [6, 6.07) is 3.68. The molecule has 0 aliphatic rings. The molecular formula is C17H25N5. The lowest BCUT2D eigenvalue weighted by Crippen LogP contribution is -2.19. The Morgan fingerprint density at radius 1 is 1.27 bits per heavy atom. The van der Waals surface area contributed by atoms with Gasteiger partial charge in [-0.3, -0.25) is 10.4 Å². The molecule has 0 saturated heterocycles. The Labute approximate surface area is 132 Å². The lowest BCUT2D eigenvalue weighted by molar-refractivity contribution is 0.438. The number of aromatic nitrogens is 3. The van der Waals surface area contributed by atoms with E-state index in [0.717, 1.165) is 24.5 Å². The summed E-state index contributed by atoms with van der Waals surface area (Å²) in [4.78, 5) is 8.45. The zero-order chi connectivity index (χ0) is 16.1. The van der Waals surface area contributed by atoms with E-state index in [0.29, 0.717) is 23.2 Å². The average Bonchev–Trinajstić information content (AvgIpc) is 2.95. The van der Waals surface area contributed by atoms with Gasteiger partial charge in [-0.05, 0) is 30.9 Å². The van der Waals surface area contributed by atoms with E-state index in [1.54, 1.807) is 18.7 Å². The lowest BCUT2D eigenvalue weighted by Gasteiger charge is -2.18. The zero-order valence-electron chi connectivity index (χ0n) is 13.8. The highest BCUT2D eigenvalue weighted by atomic mass is 15.2. The molecule has 0 saturated carbocycles. The van der Waals surface area contributed by atoms with Crippen molar-refractivity contribution in [2.24, 2.45) is 11.8 Å². The van der Waals surface area contributed by atoms with Crippen LogP contribution in [0.4, 0.5) is 5.82 Å². The van der Waals surface area contributed by atoms with E-state index in [2.05, 4.69) is 47.5 Å². The van der Waals surface area contributed by atoms with Gasteiger partial charge in [0.05, 0.1) is 12.0 Å². The maximum Gasteiger partial charge on any atom is 0.135 e. The van der Waals surface area contributed by atoms with Crippen molar-refractivity contribution < 1.29 is 0 Å². The van der Waals surface area contributed by atoms with Crippen LogP contribution in [-0.4, -0.2) is 26.8 Å². The number of pyridine rings is 1. The van der Waals surface area contributed by atoms with E-state index in [-0.39, 0.29) is 0 Å². The number of aryl methyl sites for hydroxylation is 1. The summed E-state index contributed by atoms with van der Waals surface area (Å²) in [6.07, 6.45) is 5.21. The van der Waals surface area contributed by atoms with Gasteiger partial charge >= 0.3 is 0 Å². The third-order valence-electron chi connectivity index (χ3n) is 4.11. The van der Waals surface area contributed by atoms with Crippen molar-refractivity contribution in [3.63, 3.8) is 0 Å². The van der Waals surface area contributed by atoms with Gasteiger partial charge in [-0.1, -0.05) is 20.8 Å². The number of rotatable bonds is 7. The Morgan fingerprint density at radius 3 is 2.55 bits per heavy atom. The highest BCUT2D eigenvalue weighted by Gasteiger charge is 2.17. The Kier molecular flexibility index (Phi) is 5.31. The number of nitrogens with one attached hydrogen (secondary N) is 2. The summed E-state index contributed by atoms with van der Waals surface area (Å²) < 4.78 is 2.05. The van der Waals surface area contributed by atoms with E-state index < -0.39 is 0 Å². The smallest absolute Gasteiger partial charge is 0.135 e. The van der Waals surface area contributed by atoms with Gasteiger partial charge in [0, 0.05) is 31.0 Å². The van der Waals surface area contributed by atoms with Crippen molar-refractivity contribution in [3.8, 4) is 0 Å². The molecule has 22 heavy (non-hydrogen) atoms. The molecule has 2 heterocycles. The first-order valence-corrected chi connectivity index (χ1v) is 7.82. The van der Waals surface area contributed by atoms with Gasteiger partial charge in [0.15, 0.2) is 0 Å². The molecule has 0 radical (unpaired) electrons. The van der Waals surface area contributed by atoms with Crippen molar-refractivity contribution in [2.45, 2.75) is 34.2 Å². The summed E-state index contributed by atoms with van der Waals surface area (Å²) in [5, 5.41) is 11.9. The predicted molar refractivity (Wildman–Crippen MR) is 90.6 cm³/mol. The van der Waals surface area contributed by atoms with E-state index in [4.69, 9.17) is 5.41 Å². The highest BCUT2D eigenvalue weighted by molar-refractivity contribution is 6.12. The summed E-state index contributed by atoms with van der Waals surface area (Å²) in [7, 11) is 0. The van der Waals surface area contributed by atoms with E-state index >= 15 is 0 Å².